The summed E-state index contributed by atoms with van der Waals surface area (Å²) in [6.07, 6.45) is 7.25. The normalized spacial score (nSPS) is 41.2. The minimum absolute atomic E-state index is 0.164. The maximum Gasteiger partial charge on any atom is 0.393 e. The second-order valence-electron chi connectivity index (χ2n) is 11.4. The van der Waals surface area contributed by atoms with Crippen LogP contribution in [0.3, 0.4) is 0 Å². The lowest BCUT2D eigenvalue weighted by atomic mass is 9.61. The number of aliphatic hydroxyl groups is 2. The average Bonchev–Trinajstić information content (AvgIpc) is 3.29. The SMILES string of the molecule is C[C@H](CN1CCC(C(F)(F)F)C1)[C@H]1CC[C@H]2C(=CC=C3C[C@@H](O)C[C@H](O)C3)CCC[C@]12C. The van der Waals surface area contributed by atoms with Gasteiger partial charge in [-0.25, -0.2) is 0 Å². The third-order valence-electron chi connectivity index (χ3n) is 9.08. The van der Waals surface area contributed by atoms with E-state index in [4.69, 9.17) is 0 Å². The third kappa shape index (κ3) is 5.12. The zero-order valence-corrected chi connectivity index (χ0v) is 19.6. The Hall–Kier alpha value is -0.850. The number of hydrogen-bond donors (Lipinski definition) is 2. The van der Waals surface area contributed by atoms with Gasteiger partial charge in [0.05, 0.1) is 18.1 Å². The molecule has 4 aliphatic rings. The van der Waals surface area contributed by atoms with Crippen LogP contribution in [0.1, 0.15) is 71.6 Å². The van der Waals surface area contributed by atoms with E-state index in [-0.39, 0.29) is 18.4 Å². The highest BCUT2D eigenvalue weighted by Gasteiger charge is 2.51. The summed E-state index contributed by atoms with van der Waals surface area (Å²) < 4.78 is 39.2. The Kier molecular flexibility index (Phi) is 7.15. The molecule has 4 rings (SSSR count). The highest BCUT2D eigenvalue weighted by Crippen LogP contribution is 2.59. The van der Waals surface area contributed by atoms with Gasteiger partial charge in [-0.05, 0) is 87.5 Å². The van der Waals surface area contributed by atoms with Crippen molar-refractivity contribution in [1.82, 2.24) is 4.90 Å². The van der Waals surface area contributed by atoms with Gasteiger partial charge in [-0.3, -0.25) is 0 Å². The fourth-order valence-corrected chi connectivity index (χ4v) is 7.54. The third-order valence-corrected chi connectivity index (χ3v) is 9.08. The van der Waals surface area contributed by atoms with Gasteiger partial charge in [0.2, 0.25) is 0 Å². The molecule has 1 heterocycles. The number of rotatable bonds is 4. The van der Waals surface area contributed by atoms with Crippen LogP contribution in [-0.2, 0) is 0 Å². The van der Waals surface area contributed by atoms with Gasteiger partial charge in [-0.15, -0.1) is 0 Å². The van der Waals surface area contributed by atoms with E-state index >= 15 is 0 Å². The van der Waals surface area contributed by atoms with Crippen LogP contribution in [-0.4, -0.2) is 53.1 Å². The summed E-state index contributed by atoms with van der Waals surface area (Å²) >= 11 is 0. The van der Waals surface area contributed by atoms with Gasteiger partial charge in [0.25, 0.3) is 0 Å². The van der Waals surface area contributed by atoms with Crippen molar-refractivity contribution in [2.24, 2.45) is 29.1 Å². The molecule has 0 amide bonds. The number of nitrogens with zero attached hydrogens (tertiary/aromatic N) is 1. The quantitative estimate of drug-likeness (QED) is 0.590. The number of hydrogen-bond acceptors (Lipinski definition) is 3. The fourth-order valence-electron chi connectivity index (χ4n) is 7.54. The van der Waals surface area contributed by atoms with E-state index in [1.807, 2.05) is 4.90 Å². The second kappa shape index (κ2) is 9.42. The molecule has 0 aromatic heterocycles. The summed E-state index contributed by atoms with van der Waals surface area (Å²) in [6, 6.07) is 0. The van der Waals surface area contributed by atoms with Gasteiger partial charge >= 0.3 is 6.18 Å². The second-order valence-corrected chi connectivity index (χ2v) is 11.4. The number of likely N-dealkylation sites (tertiary alicyclic amines) is 1. The van der Waals surface area contributed by atoms with Gasteiger partial charge in [-0.2, -0.15) is 13.2 Å². The van der Waals surface area contributed by atoms with Crippen molar-refractivity contribution in [3.8, 4) is 0 Å². The molecule has 1 unspecified atom stereocenters. The molecule has 3 nitrogen and oxygen atoms in total. The van der Waals surface area contributed by atoms with Gasteiger partial charge in [-0.1, -0.05) is 37.1 Å². The number of alkyl halides is 3. The molecule has 0 radical (unpaired) electrons. The van der Waals surface area contributed by atoms with E-state index in [1.54, 1.807) is 0 Å². The summed E-state index contributed by atoms with van der Waals surface area (Å²) in [5.41, 5.74) is 2.84. The van der Waals surface area contributed by atoms with Crippen LogP contribution < -0.4 is 0 Å². The lowest BCUT2D eigenvalue weighted by molar-refractivity contribution is -0.170. The highest BCUT2D eigenvalue weighted by atomic mass is 19.4. The Morgan fingerprint density at radius 2 is 1.84 bits per heavy atom. The Bertz CT molecular complexity index is 721. The van der Waals surface area contributed by atoms with Crippen LogP contribution in [0.5, 0.6) is 0 Å². The Morgan fingerprint density at radius 1 is 1.12 bits per heavy atom. The molecule has 32 heavy (non-hydrogen) atoms. The van der Waals surface area contributed by atoms with Gasteiger partial charge < -0.3 is 15.1 Å². The Labute approximate surface area is 190 Å². The van der Waals surface area contributed by atoms with Crippen LogP contribution in [0.15, 0.2) is 23.3 Å². The lowest BCUT2D eigenvalue weighted by Gasteiger charge is -2.45. The molecule has 6 heteroatoms. The number of halogens is 3. The molecule has 1 saturated heterocycles. The average molecular weight is 456 g/mol. The topological polar surface area (TPSA) is 43.7 Å². The summed E-state index contributed by atoms with van der Waals surface area (Å²) in [7, 11) is 0. The van der Waals surface area contributed by atoms with Gasteiger partial charge in [0.1, 0.15) is 0 Å². The van der Waals surface area contributed by atoms with Gasteiger partial charge in [0, 0.05) is 13.1 Å². The van der Waals surface area contributed by atoms with Crippen LogP contribution >= 0.6 is 0 Å². The largest absolute Gasteiger partial charge is 0.393 e. The van der Waals surface area contributed by atoms with Crippen molar-refractivity contribution >= 4 is 0 Å². The van der Waals surface area contributed by atoms with Crippen molar-refractivity contribution in [2.45, 2.75) is 90.0 Å². The molecule has 3 aliphatic carbocycles. The first kappa shape index (κ1) is 24.3. The number of allylic oxidation sites excluding steroid dienone is 3. The molecule has 7 atom stereocenters. The van der Waals surface area contributed by atoms with Gasteiger partial charge in [0.15, 0.2) is 0 Å². The summed E-state index contributed by atoms with van der Waals surface area (Å²) in [4.78, 5) is 2.04. The van der Waals surface area contributed by atoms with Crippen molar-refractivity contribution in [2.75, 3.05) is 19.6 Å². The summed E-state index contributed by atoms with van der Waals surface area (Å²) in [5, 5.41) is 19.9. The van der Waals surface area contributed by atoms with E-state index in [0.29, 0.717) is 43.6 Å². The standard InChI is InChI=1S/C26H40F3NO2/c1-17(15-30-11-9-20(16-30)26(27,28)29)23-7-8-24-19(4-3-10-25(23,24)2)6-5-18-12-21(31)14-22(32)13-18/h5-6,17,20-24,31-32H,3-4,7-16H2,1-2H3/t17-,20?,21-,22-,23-,24+,25-/m1/s1. The minimum Gasteiger partial charge on any atom is -0.393 e. The first-order valence-corrected chi connectivity index (χ1v) is 12.6. The van der Waals surface area contributed by atoms with Crippen LogP contribution in [0.4, 0.5) is 13.2 Å². The Morgan fingerprint density at radius 3 is 2.50 bits per heavy atom. The molecule has 3 saturated carbocycles. The fraction of sp³-hybridized carbons (Fsp3) is 0.846. The smallest absolute Gasteiger partial charge is 0.393 e. The molecule has 182 valence electrons. The molecular weight excluding hydrogens is 415 g/mol. The molecule has 1 aliphatic heterocycles. The predicted molar refractivity (Wildman–Crippen MR) is 120 cm³/mol. The minimum atomic E-state index is -4.07. The number of aliphatic hydroxyl groups excluding tert-OH is 2. The summed E-state index contributed by atoms with van der Waals surface area (Å²) in [6.45, 7) is 6.18. The zero-order chi connectivity index (χ0) is 23.1. The lowest BCUT2D eigenvalue weighted by Crippen LogP contribution is -2.39. The number of fused-ring (bicyclic) bond motifs is 1. The zero-order valence-electron chi connectivity index (χ0n) is 19.6. The highest BCUT2D eigenvalue weighted by molar-refractivity contribution is 5.26. The van der Waals surface area contributed by atoms with E-state index in [9.17, 15) is 23.4 Å². The van der Waals surface area contributed by atoms with E-state index in [2.05, 4.69) is 26.0 Å². The molecule has 0 bridgehead atoms. The molecule has 0 aromatic rings. The van der Waals surface area contributed by atoms with Crippen molar-refractivity contribution in [1.29, 1.82) is 0 Å². The van der Waals surface area contributed by atoms with E-state index in [0.717, 1.165) is 37.8 Å². The predicted octanol–water partition coefficient (Wildman–Crippen LogP) is 5.48. The molecule has 0 aromatic carbocycles. The molecule has 4 fully saturated rings. The molecular formula is C26H40F3NO2. The maximum absolute atomic E-state index is 13.1. The molecule has 2 N–H and O–H groups in total. The monoisotopic (exact) mass is 455 g/mol. The maximum atomic E-state index is 13.1. The first-order valence-electron chi connectivity index (χ1n) is 12.6. The summed E-state index contributed by atoms with van der Waals surface area (Å²) in [5.74, 6) is 0.335. The van der Waals surface area contributed by atoms with Crippen molar-refractivity contribution in [3.05, 3.63) is 23.3 Å². The first-order chi connectivity index (χ1) is 15.1. The Balaban J connectivity index is 1.41. The van der Waals surface area contributed by atoms with E-state index < -0.39 is 24.3 Å². The molecule has 0 spiro atoms. The van der Waals surface area contributed by atoms with E-state index in [1.165, 1.54) is 12.0 Å². The van der Waals surface area contributed by atoms with Crippen LogP contribution in [0, 0.1) is 29.1 Å². The van der Waals surface area contributed by atoms with Crippen molar-refractivity contribution < 1.29 is 23.4 Å². The van der Waals surface area contributed by atoms with Crippen molar-refractivity contribution in [3.63, 3.8) is 0 Å². The van der Waals surface area contributed by atoms with Crippen LogP contribution in [0.2, 0.25) is 0 Å². The van der Waals surface area contributed by atoms with Crippen LogP contribution in [0.25, 0.3) is 0 Å².